The van der Waals surface area contributed by atoms with Crippen LogP contribution in [-0.2, 0) is 0 Å². The Balaban J connectivity index is 2.92. The molecule has 96 valence electrons. The molecule has 2 rings (SSSR count). The van der Waals surface area contributed by atoms with Crippen LogP contribution in [0.25, 0.3) is 11.1 Å². The predicted molar refractivity (Wildman–Crippen MR) is 76.2 cm³/mol. The van der Waals surface area contributed by atoms with Gasteiger partial charge in [0.25, 0.3) is 5.56 Å². The van der Waals surface area contributed by atoms with Gasteiger partial charge in [-0.15, -0.1) is 0 Å². The molecule has 0 atom stereocenters. The number of nitriles is 1. The lowest BCUT2D eigenvalue weighted by atomic mass is 9.88. The molecule has 2 aromatic rings. The Labute approximate surface area is 112 Å². The van der Waals surface area contributed by atoms with E-state index in [0.29, 0.717) is 5.56 Å². The third-order valence-electron chi connectivity index (χ3n) is 3.71. The van der Waals surface area contributed by atoms with E-state index in [2.05, 4.69) is 11.1 Å². The fraction of sp³-hybridized carbons (Fsp3) is 0.250. The number of H-pyrrole nitrogens is 1. The number of hydrogen-bond donors (Lipinski definition) is 1. The van der Waals surface area contributed by atoms with E-state index >= 15 is 0 Å². The molecule has 0 aliphatic heterocycles. The molecular formula is C16H16N2O. The second-order valence-corrected chi connectivity index (χ2v) is 4.84. The standard InChI is InChI=1S/C16H16N2O/c1-9-7-10(2)12(4)15(11(9)3)13-5-6-18-16(19)14(13)8-17/h5-7H,1-4H3,(H,18,19). The van der Waals surface area contributed by atoms with Gasteiger partial charge in [0, 0.05) is 11.8 Å². The summed E-state index contributed by atoms with van der Waals surface area (Å²) in [5.41, 5.74) is 6.13. The predicted octanol–water partition coefficient (Wildman–Crippen LogP) is 3.15. The number of hydrogen-bond acceptors (Lipinski definition) is 2. The Bertz CT molecular complexity index is 722. The first-order chi connectivity index (χ1) is 8.97. The average molecular weight is 252 g/mol. The Morgan fingerprint density at radius 3 is 2.21 bits per heavy atom. The largest absolute Gasteiger partial charge is 0.328 e. The summed E-state index contributed by atoms with van der Waals surface area (Å²) >= 11 is 0. The minimum Gasteiger partial charge on any atom is -0.328 e. The molecule has 0 fully saturated rings. The molecule has 0 saturated carbocycles. The van der Waals surface area contributed by atoms with Crippen LogP contribution in [0.4, 0.5) is 0 Å². The van der Waals surface area contributed by atoms with Crippen LogP contribution < -0.4 is 5.56 Å². The van der Waals surface area contributed by atoms with E-state index in [-0.39, 0.29) is 11.1 Å². The van der Waals surface area contributed by atoms with Crippen LogP contribution in [0, 0.1) is 39.0 Å². The molecule has 1 aromatic heterocycles. The Hall–Kier alpha value is -2.34. The van der Waals surface area contributed by atoms with Crippen molar-refractivity contribution in [2.24, 2.45) is 0 Å². The van der Waals surface area contributed by atoms with Crippen molar-refractivity contribution >= 4 is 0 Å². The van der Waals surface area contributed by atoms with E-state index in [1.165, 1.54) is 11.1 Å². The minimum absolute atomic E-state index is 0.179. The molecular weight excluding hydrogens is 236 g/mol. The molecule has 19 heavy (non-hydrogen) atoms. The lowest BCUT2D eigenvalue weighted by molar-refractivity contribution is 1.19. The average Bonchev–Trinajstić information content (AvgIpc) is 2.37. The summed E-state index contributed by atoms with van der Waals surface area (Å²) < 4.78 is 0. The van der Waals surface area contributed by atoms with Crippen LogP contribution in [0.1, 0.15) is 27.8 Å². The fourth-order valence-corrected chi connectivity index (χ4v) is 2.42. The van der Waals surface area contributed by atoms with E-state index in [1.807, 2.05) is 33.8 Å². The van der Waals surface area contributed by atoms with Gasteiger partial charge in [0.15, 0.2) is 0 Å². The highest BCUT2D eigenvalue weighted by Crippen LogP contribution is 2.32. The number of nitrogens with one attached hydrogen (secondary N) is 1. The molecule has 0 radical (unpaired) electrons. The Morgan fingerprint density at radius 1 is 1.11 bits per heavy atom. The number of pyridine rings is 1. The number of nitrogens with zero attached hydrogens (tertiary/aromatic N) is 1. The fourth-order valence-electron chi connectivity index (χ4n) is 2.42. The number of aromatic nitrogens is 1. The van der Waals surface area contributed by atoms with E-state index < -0.39 is 0 Å². The van der Waals surface area contributed by atoms with Gasteiger partial charge >= 0.3 is 0 Å². The van der Waals surface area contributed by atoms with Crippen molar-refractivity contribution < 1.29 is 0 Å². The first-order valence-corrected chi connectivity index (χ1v) is 6.17. The highest BCUT2D eigenvalue weighted by Gasteiger charge is 2.15. The molecule has 1 aromatic carbocycles. The van der Waals surface area contributed by atoms with Gasteiger partial charge in [0.05, 0.1) is 0 Å². The summed E-state index contributed by atoms with van der Waals surface area (Å²) in [5, 5.41) is 9.21. The summed E-state index contributed by atoms with van der Waals surface area (Å²) in [7, 11) is 0. The van der Waals surface area contributed by atoms with Gasteiger partial charge in [-0.3, -0.25) is 4.79 Å². The number of aryl methyl sites for hydroxylation is 2. The molecule has 1 N–H and O–H groups in total. The monoisotopic (exact) mass is 252 g/mol. The van der Waals surface area contributed by atoms with E-state index in [4.69, 9.17) is 0 Å². The molecule has 0 aliphatic carbocycles. The third-order valence-corrected chi connectivity index (χ3v) is 3.71. The van der Waals surface area contributed by atoms with Crippen molar-refractivity contribution in [1.29, 1.82) is 5.26 Å². The van der Waals surface area contributed by atoms with Crippen LogP contribution in [0.3, 0.4) is 0 Å². The van der Waals surface area contributed by atoms with Crippen molar-refractivity contribution in [3.05, 3.63) is 56.5 Å². The number of rotatable bonds is 1. The molecule has 0 aliphatic rings. The smallest absolute Gasteiger partial charge is 0.266 e. The maximum atomic E-state index is 11.8. The van der Waals surface area contributed by atoms with Crippen LogP contribution in [0.5, 0.6) is 0 Å². The SMILES string of the molecule is Cc1cc(C)c(C)c(-c2cc[nH]c(=O)c2C#N)c1C. The van der Waals surface area contributed by atoms with Gasteiger partial charge in [-0.1, -0.05) is 6.07 Å². The van der Waals surface area contributed by atoms with Gasteiger partial charge in [-0.05, 0) is 61.6 Å². The van der Waals surface area contributed by atoms with Crippen molar-refractivity contribution in [3.63, 3.8) is 0 Å². The second-order valence-electron chi connectivity index (χ2n) is 4.84. The lowest BCUT2D eigenvalue weighted by Gasteiger charge is -2.16. The topological polar surface area (TPSA) is 56.6 Å². The maximum absolute atomic E-state index is 11.8. The minimum atomic E-state index is -0.335. The number of benzene rings is 1. The van der Waals surface area contributed by atoms with Gasteiger partial charge in [0.2, 0.25) is 0 Å². The van der Waals surface area contributed by atoms with Crippen LogP contribution in [0.2, 0.25) is 0 Å². The maximum Gasteiger partial charge on any atom is 0.266 e. The Kier molecular flexibility index (Phi) is 3.26. The first kappa shape index (κ1) is 13.1. The Morgan fingerprint density at radius 2 is 1.68 bits per heavy atom. The summed E-state index contributed by atoms with van der Waals surface area (Å²) in [6.45, 7) is 8.15. The summed E-state index contributed by atoms with van der Waals surface area (Å²) in [5.74, 6) is 0. The van der Waals surface area contributed by atoms with Crippen molar-refractivity contribution in [3.8, 4) is 17.2 Å². The van der Waals surface area contributed by atoms with Gasteiger partial charge < -0.3 is 4.98 Å². The third kappa shape index (κ3) is 2.06. The van der Waals surface area contributed by atoms with Crippen molar-refractivity contribution in [2.45, 2.75) is 27.7 Å². The van der Waals surface area contributed by atoms with Gasteiger partial charge in [-0.2, -0.15) is 5.26 Å². The van der Waals surface area contributed by atoms with E-state index in [1.54, 1.807) is 12.3 Å². The van der Waals surface area contributed by atoms with Gasteiger partial charge in [0.1, 0.15) is 11.6 Å². The molecule has 3 heteroatoms. The van der Waals surface area contributed by atoms with Crippen LogP contribution in [0.15, 0.2) is 23.1 Å². The molecule has 0 unspecified atom stereocenters. The van der Waals surface area contributed by atoms with Crippen LogP contribution in [-0.4, -0.2) is 4.98 Å². The molecule has 0 saturated heterocycles. The zero-order valence-corrected chi connectivity index (χ0v) is 11.6. The van der Waals surface area contributed by atoms with E-state index in [0.717, 1.165) is 16.7 Å². The van der Waals surface area contributed by atoms with Crippen molar-refractivity contribution in [1.82, 2.24) is 4.98 Å². The second kappa shape index (κ2) is 4.74. The van der Waals surface area contributed by atoms with E-state index in [9.17, 15) is 10.1 Å². The molecule has 0 spiro atoms. The molecule has 1 heterocycles. The zero-order valence-electron chi connectivity index (χ0n) is 11.6. The summed E-state index contributed by atoms with van der Waals surface area (Å²) in [4.78, 5) is 14.3. The normalized spacial score (nSPS) is 10.3. The number of aromatic amines is 1. The summed E-state index contributed by atoms with van der Waals surface area (Å²) in [6.07, 6.45) is 1.59. The lowest BCUT2D eigenvalue weighted by Crippen LogP contribution is -2.11. The zero-order chi connectivity index (χ0) is 14.2. The quantitative estimate of drug-likeness (QED) is 0.847. The molecule has 3 nitrogen and oxygen atoms in total. The highest BCUT2D eigenvalue weighted by atomic mass is 16.1. The highest BCUT2D eigenvalue weighted by molar-refractivity contribution is 5.77. The molecule has 0 amide bonds. The van der Waals surface area contributed by atoms with Crippen LogP contribution >= 0.6 is 0 Å². The molecule has 0 bridgehead atoms. The van der Waals surface area contributed by atoms with Gasteiger partial charge in [-0.25, -0.2) is 0 Å². The summed E-state index contributed by atoms with van der Waals surface area (Å²) in [6, 6.07) is 5.94. The van der Waals surface area contributed by atoms with Crippen molar-refractivity contribution in [2.75, 3.05) is 0 Å². The first-order valence-electron chi connectivity index (χ1n) is 6.17.